The lowest BCUT2D eigenvalue weighted by Gasteiger charge is -2.30. The number of benzene rings is 2. The number of halogens is 1. The van der Waals surface area contributed by atoms with Crippen LogP contribution in [0.3, 0.4) is 0 Å². The number of nitrogens with zero attached hydrogens (tertiary/aromatic N) is 3. The monoisotopic (exact) mass is 446 g/mol. The van der Waals surface area contributed by atoms with Crippen LogP contribution in [0.15, 0.2) is 71.3 Å². The van der Waals surface area contributed by atoms with Gasteiger partial charge >= 0.3 is 6.03 Å². The summed E-state index contributed by atoms with van der Waals surface area (Å²) < 4.78 is 15.1. The van der Waals surface area contributed by atoms with Gasteiger partial charge in [-0.2, -0.15) is 5.10 Å². The summed E-state index contributed by atoms with van der Waals surface area (Å²) in [6.45, 7) is 1.89. The van der Waals surface area contributed by atoms with Crippen LogP contribution in [0, 0.1) is 12.7 Å². The zero-order valence-corrected chi connectivity index (χ0v) is 18.5. The third kappa shape index (κ3) is 4.45. The molecule has 0 fully saturated rings. The number of rotatable bonds is 5. The molecule has 0 aliphatic carbocycles. The molecule has 0 bridgehead atoms. The minimum absolute atomic E-state index is 0.0619. The Labute approximate surface area is 190 Å². The fourth-order valence-corrected chi connectivity index (χ4v) is 3.86. The Kier molecular flexibility index (Phi) is 5.91. The topological polar surface area (TPSA) is 84.3 Å². The van der Waals surface area contributed by atoms with Crippen LogP contribution in [0.5, 0.6) is 0 Å². The minimum atomic E-state index is -0.757. The molecule has 4 rings (SSSR count). The molecule has 0 unspecified atom stereocenters. The van der Waals surface area contributed by atoms with E-state index in [4.69, 9.17) is 0 Å². The summed E-state index contributed by atoms with van der Waals surface area (Å²) in [6, 6.07) is 11.9. The highest BCUT2D eigenvalue weighted by atomic mass is 19.1. The number of aryl methyl sites for hydroxylation is 2. The van der Waals surface area contributed by atoms with Crippen molar-refractivity contribution in [3.63, 3.8) is 0 Å². The first-order valence-electron chi connectivity index (χ1n) is 10.4. The van der Waals surface area contributed by atoms with Gasteiger partial charge in [-0.1, -0.05) is 30.3 Å². The summed E-state index contributed by atoms with van der Waals surface area (Å²) in [5, 5.41) is 6.72. The first-order valence-corrected chi connectivity index (χ1v) is 10.4. The maximum Gasteiger partial charge on any atom is 0.321 e. The van der Waals surface area contributed by atoms with E-state index in [9.17, 15) is 18.8 Å². The summed E-state index contributed by atoms with van der Waals surface area (Å²) in [6.07, 6.45) is 3.11. The highest BCUT2D eigenvalue weighted by molar-refractivity contribution is 6.00. The Morgan fingerprint density at radius 2 is 1.91 bits per heavy atom. The van der Waals surface area contributed by atoms with Gasteiger partial charge in [0.05, 0.1) is 11.6 Å². The van der Waals surface area contributed by atoms with E-state index in [1.807, 2.05) is 25.1 Å². The average molecular weight is 446 g/mol. The van der Waals surface area contributed by atoms with E-state index >= 15 is 0 Å². The van der Waals surface area contributed by atoms with Crippen molar-refractivity contribution < 1.29 is 14.0 Å². The molecule has 3 aromatic rings. The molecule has 2 amide bonds. The Balaban J connectivity index is 1.69. The van der Waals surface area contributed by atoms with Crippen molar-refractivity contribution in [3.05, 3.63) is 99.4 Å². The second-order valence-corrected chi connectivity index (χ2v) is 8.05. The Morgan fingerprint density at radius 1 is 1.12 bits per heavy atom. The fourth-order valence-electron chi connectivity index (χ4n) is 3.86. The molecule has 1 atom stereocenters. The first kappa shape index (κ1) is 22.1. The fraction of sp³-hybridized carbons (Fsp3) is 0.200. The maximum atomic E-state index is 13.8. The number of aromatic nitrogens is 2. The quantitative estimate of drug-likeness (QED) is 0.652. The Morgan fingerprint density at radius 3 is 2.67 bits per heavy atom. The molecule has 7 nitrogen and oxygen atoms in total. The van der Waals surface area contributed by atoms with E-state index in [-0.39, 0.29) is 23.8 Å². The summed E-state index contributed by atoms with van der Waals surface area (Å²) in [5.41, 5.74) is 3.45. The molecule has 33 heavy (non-hydrogen) atoms. The molecule has 2 heterocycles. The van der Waals surface area contributed by atoms with Gasteiger partial charge in [0.2, 0.25) is 0 Å². The van der Waals surface area contributed by atoms with Crippen molar-refractivity contribution in [1.29, 1.82) is 0 Å². The second kappa shape index (κ2) is 8.82. The number of hydrogen-bond donors (Lipinski definition) is 1. The largest absolute Gasteiger partial charge is 0.327 e. The van der Waals surface area contributed by atoms with E-state index < -0.39 is 11.9 Å². The Hall–Kier alpha value is -4.07. The maximum absolute atomic E-state index is 13.8. The SMILES string of the molecule is Cc1ccc(-c2ccnn(C)c2=O)cc1CC(=O)C1=CN(C)C(=O)N[C@H]1c1cccc(F)c1. The lowest BCUT2D eigenvalue weighted by atomic mass is 9.90. The van der Waals surface area contributed by atoms with Crippen LogP contribution >= 0.6 is 0 Å². The minimum Gasteiger partial charge on any atom is -0.327 e. The molecular weight excluding hydrogens is 423 g/mol. The zero-order chi connectivity index (χ0) is 23.7. The molecule has 0 saturated heterocycles. The van der Waals surface area contributed by atoms with E-state index in [2.05, 4.69) is 10.4 Å². The van der Waals surface area contributed by atoms with Crippen molar-refractivity contribution in [3.8, 4) is 11.1 Å². The normalized spacial score (nSPS) is 15.8. The molecule has 168 valence electrons. The molecule has 0 spiro atoms. The van der Waals surface area contributed by atoms with E-state index in [0.29, 0.717) is 22.3 Å². The highest BCUT2D eigenvalue weighted by Crippen LogP contribution is 2.29. The van der Waals surface area contributed by atoms with Crippen molar-refractivity contribution >= 4 is 11.8 Å². The first-order chi connectivity index (χ1) is 15.7. The van der Waals surface area contributed by atoms with Crippen LogP contribution in [0.25, 0.3) is 11.1 Å². The number of Topliss-reactive ketones (excluding diaryl/α,β-unsaturated/α-hetero) is 1. The number of nitrogens with one attached hydrogen (secondary N) is 1. The van der Waals surface area contributed by atoms with Gasteiger partial charge in [-0.15, -0.1) is 0 Å². The summed E-state index contributed by atoms with van der Waals surface area (Å²) >= 11 is 0. The van der Waals surface area contributed by atoms with Crippen LogP contribution < -0.4 is 10.9 Å². The molecule has 1 aliphatic heterocycles. The molecule has 0 saturated carbocycles. The predicted octanol–water partition coefficient (Wildman–Crippen LogP) is 3.29. The standard InChI is InChI=1S/C25H23FN4O3/c1-15-7-8-16(20-9-10-27-30(3)24(20)32)11-18(15)13-22(31)21-14-29(2)25(33)28-23(21)17-5-4-6-19(26)12-17/h4-12,14,23H,13H2,1-3H3,(H,28,33)/t23-/m0/s1. The second-order valence-electron chi connectivity index (χ2n) is 8.05. The van der Waals surface area contributed by atoms with Gasteiger partial charge in [-0.25, -0.2) is 13.9 Å². The molecule has 1 aromatic heterocycles. The molecule has 2 aromatic carbocycles. The van der Waals surface area contributed by atoms with Crippen molar-refractivity contribution in [2.24, 2.45) is 7.05 Å². The highest BCUT2D eigenvalue weighted by Gasteiger charge is 2.30. The van der Waals surface area contributed by atoms with Gasteiger partial charge in [0.15, 0.2) is 5.78 Å². The van der Waals surface area contributed by atoms with Gasteiger partial charge in [-0.05, 0) is 47.4 Å². The van der Waals surface area contributed by atoms with Crippen LogP contribution in [-0.2, 0) is 18.3 Å². The van der Waals surface area contributed by atoms with Gasteiger partial charge < -0.3 is 10.2 Å². The number of ketones is 1. The van der Waals surface area contributed by atoms with Crippen LogP contribution in [0.1, 0.15) is 22.7 Å². The summed E-state index contributed by atoms with van der Waals surface area (Å²) in [4.78, 5) is 39.4. The van der Waals surface area contributed by atoms with Crippen LogP contribution in [-0.4, -0.2) is 33.5 Å². The molecule has 8 heteroatoms. The van der Waals surface area contributed by atoms with Crippen LogP contribution in [0.4, 0.5) is 9.18 Å². The Bertz CT molecular complexity index is 1350. The van der Waals surface area contributed by atoms with E-state index in [1.165, 1.54) is 27.9 Å². The molecule has 1 N–H and O–H groups in total. The lowest BCUT2D eigenvalue weighted by Crippen LogP contribution is -2.43. The third-order valence-electron chi connectivity index (χ3n) is 5.75. The number of amides is 2. The van der Waals surface area contributed by atoms with E-state index in [0.717, 1.165) is 11.1 Å². The molecule has 1 aliphatic rings. The number of carbonyl (C=O) groups excluding carboxylic acids is 2. The van der Waals surface area contributed by atoms with Gasteiger partial charge in [0.25, 0.3) is 5.56 Å². The zero-order valence-electron chi connectivity index (χ0n) is 18.5. The van der Waals surface area contributed by atoms with Gasteiger partial charge in [0, 0.05) is 38.5 Å². The van der Waals surface area contributed by atoms with Crippen molar-refractivity contribution in [1.82, 2.24) is 20.0 Å². The van der Waals surface area contributed by atoms with E-state index in [1.54, 1.807) is 38.5 Å². The van der Waals surface area contributed by atoms with Crippen molar-refractivity contribution in [2.75, 3.05) is 7.05 Å². The predicted molar refractivity (Wildman–Crippen MR) is 122 cm³/mol. The van der Waals surface area contributed by atoms with Gasteiger partial charge in [-0.3, -0.25) is 9.59 Å². The lowest BCUT2D eigenvalue weighted by molar-refractivity contribution is -0.115. The van der Waals surface area contributed by atoms with Crippen LogP contribution in [0.2, 0.25) is 0 Å². The van der Waals surface area contributed by atoms with Gasteiger partial charge in [0.1, 0.15) is 5.82 Å². The number of carbonyl (C=O) groups is 2. The van der Waals surface area contributed by atoms with Crippen molar-refractivity contribution in [2.45, 2.75) is 19.4 Å². The average Bonchev–Trinajstić information content (AvgIpc) is 2.78. The molecular formula is C25H23FN4O3. The smallest absolute Gasteiger partial charge is 0.321 e. The third-order valence-corrected chi connectivity index (χ3v) is 5.75. The number of hydrogen-bond acceptors (Lipinski definition) is 4. The molecule has 0 radical (unpaired) electrons. The summed E-state index contributed by atoms with van der Waals surface area (Å²) in [5.74, 6) is -0.658. The number of urea groups is 1. The summed E-state index contributed by atoms with van der Waals surface area (Å²) in [7, 11) is 3.13.